The van der Waals surface area contributed by atoms with Crippen LogP contribution >= 0.6 is 27.3 Å². The monoisotopic (exact) mass is 443 g/mol. The van der Waals surface area contributed by atoms with Gasteiger partial charge in [-0.25, -0.2) is 4.79 Å². The first-order valence-electron chi connectivity index (χ1n) is 8.06. The Labute approximate surface area is 163 Å². The summed E-state index contributed by atoms with van der Waals surface area (Å²) >= 11 is 4.73. The molecule has 0 aromatic carbocycles. The van der Waals surface area contributed by atoms with Crippen LogP contribution in [0, 0.1) is 6.92 Å². The van der Waals surface area contributed by atoms with E-state index in [1.165, 1.54) is 15.9 Å². The SMILES string of the molecule is C=C(C)C(Cn1c(=O)n(CC(N)=O)c(=O)c2c(C)c(Br)sc21)OC(C)C. The molecular weight excluding hydrogens is 422 g/mol. The zero-order chi connectivity index (χ0) is 19.8. The van der Waals surface area contributed by atoms with Gasteiger partial charge in [-0.15, -0.1) is 11.3 Å². The maximum Gasteiger partial charge on any atom is 0.332 e. The van der Waals surface area contributed by atoms with E-state index in [1.54, 1.807) is 6.92 Å². The topological polar surface area (TPSA) is 96.3 Å². The van der Waals surface area contributed by atoms with Crippen LogP contribution in [0.4, 0.5) is 0 Å². The number of rotatable bonds is 7. The third-order valence-corrected chi connectivity index (χ3v) is 6.07. The van der Waals surface area contributed by atoms with Crippen LogP contribution in [-0.4, -0.2) is 27.2 Å². The number of hydrogen-bond donors (Lipinski definition) is 1. The van der Waals surface area contributed by atoms with Crippen molar-refractivity contribution in [1.82, 2.24) is 9.13 Å². The summed E-state index contributed by atoms with van der Waals surface area (Å²) in [5.74, 6) is -0.753. The van der Waals surface area contributed by atoms with Gasteiger partial charge in [0.05, 0.1) is 27.9 Å². The molecule has 0 saturated carbocycles. The van der Waals surface area contributed by atoms with Crippen molar-refractivity contribution in [1.29, 1.82) is 0 Å². The lowest BCUT2D eigenvalue weighted by atomic mass is 10.2. The van der Waals surface area contributed by atoms with Gasteiger partial charge in [0.15, 0.2) is 0 Å². The van der Waals surface area contributed by atoms with Crippen LogP contribution in [0.25, 0.3) is 10.2 Å². The summed E-state index contributed by atoms with van der Waals surface area (Å²) in [5.41, 5.74) is 5.60. The number of fused-ring (bicyclic) bond motifs is 1. The Kier molecular flexibility index (Phi) is 6.25. The van der Waals surface area contributed by atoms with E-state index in [4.69, 9.17) is 10.5 Å². The van der Waals surface area contributed by atoms with Crippen LogP contribution in [0.15, 0.2) is 25.5 Å². The summed E-state index contributed by atoms with van der Waals surface area (Å²) in [6.07, 6.45) is -0.465. The highest BCUT2D eigenvalue weighted by molar-refractivity contribution is 9.11. The van der Waals surface area contributed by atoms with Crippen LogP contribution in [0.5, 0.6) is 0 Å². The average molecular weight is 444 g/mol. The molecule has 0 saturated heterocycles. The minimum Gasteiger partial charge on any atom is -0.369 e. The number of halogens is 1. The van der Waals surface area contributed by atoms with Crippen molar-refractivity contribution in [3.05, 3.63) is 42.3 Å². The van der Waals surface area contributed by atoms with E-state index in [9.17, 15) is 14.4 Å². The summed E-state index contributed by atoms with van der Waals surface area (Å²) in [6, 6.07) is 0. The lowest BCUT2D eigenvalue weighted by Crippen LogP contribution is -2.44. The van der Waals surface area contributed by atoms with Gasteiger partial charge >= 0.3 is 5.69 Å². The summed E-state index contributed by atoms with van der Waals surface area (Å²) in [4.78, 5) is 37.6. The predicted octanol–water partition coefficient (Wildman–Crippen LogP) is 2.15. The summed E-state index contributed by atoms with van der Waals surface area (Å²) in [7, 11) is 0. The molecule has 2 rings (SSSR count). The minimum absolute atomic E-state index is 0.0591. The van der Waals surface area contributed by atoms with Gasteiger partial charge in [0.25, 0.3) is 5.56 Å². The number of carbonyl (C=O) groups excluding carboxylic acids is 1. The number of nitrogens with zero attached hydrogens (tertiary/aromatic N) is 2. The minimum atomic E-state index is -0.753. The first-order valence-corrected chi connectivity index (χ1v) is 9.66. The van der Waals surface area contributed by atoms with Crippen LogP contribution < -0.4 is 17.0 Å². The van der Waals surface area contributed by atoms with Gasteiger partial charge < -0.3 is 10.5 Å². The quantitative estimate of drug-likeness (QED) is 0.662. The lowest BCUT2D eigenvalue weighted by molar-refractivity contribution is -0.118. The van der Waals surface area contributed by atoms with Gasteiger partial charge in [0, 0.05) is 0 Å². The number of amides is 1. The average Bonchev–Trinajstić information content (AvgIpc) is 2.81. The molecule has 2 aromatic rings. The highest BCUT2D eigenvalue weighted by Gasteiger charge is 2.23. The van der Waals surface area contributed by atoms with Crippen LogP contribution in [0.2, 0.25) is 0 Å². The van der Waals surface area contributed by atoms with E-state index in [-0.39, 0.29) is 12.6 Å². The second-order valence-corrected chi connectivity index (χ2v) is 8.77. The molecule has 1 unspecified atom stereocenters. The maximum atomic E-state index is 12.9. The van der Waals surface area contributed by atoms with E-state index < -0.39 is 29.8 Å². The van der Waals surface area contributed by atoms with Crippen molar-refractivity contribution in [2.75, 3.05) is 0 Å². The Morgan fingerprint density at radius 2 is 1.96 bits per heavy atom. The van der Waals surface area contributed by atoms with Crippen LogP contribution in [-0.2, 0) is 22.6 Å². The zero-order valence-corrected chi connectivity index (χ0v) is 17.6. The second kappa shape index (κ2) is 7.89. The van der Waals surface area contributed by atoms with Gasteiger partial charge in [-0.3, -0.25) is 18.7 Å². The highest BCUT2D eigenvalue weighted by Crippen LogP contribution is 2.32. The molecule has 2 N–H and O–H groups in total. The van der Waals surface area contributed by atoms with E-state index in [2.05, 4.69) is 22.5 Å². The molecule has 2 aromatic heterocycles. The molecule has 0 radical (unpaired) electrons. The molecule has 26 heavy (non-hydrogen) atoms. The summed E-state index contributed by atoms with van der Waals surface area (Å²) in [6.45, 7) is 11.1. The molecule has 9 heteroatoms. The standard InChI is InChI=1S/C17H22BrN3O4S/c1-8(2)11(25-9(3)4)6-21-16-13(10(5)14(18)26-16)15(23)20(17(21)24)7-12(19)22/h9,11H,1,6-7H2,2-5H3,(H2,19,22). The number of aromatic nitrogens is 2. The van der Waals surface area contributed by atoms with Crippen molar-refractivity contribution in [3.8, 4) is 0 Å². The highest BCUT2D eigenvalue weighted by atomic mass is 79.9. The van der Waals surface area contributed by atoms with Crippen molar-refractivity contribution < 1.29 is 9.53 Å². The molecule has 7 nitrogen and oxygen atoms in total. The van der Waals surface area contributed by atoms with Gasteiger partial charge in [0.1, 0.15) is 11.4 Å². The van der Waals surface area contributed by atoms with Gasteiger partial charge in [-0.2, -0.15) is 0 Å². The fourth-order valence-corrected chi connectivity index (χ4v) is 4.32. The van der Waals surface area contributed by atoms with Gasteiger partial charge in [-0.05, 0) is 49.2 Å². The Hall–Kier alpha value is -1.71. The Balaban J connectivity index is 2.77. The number of ether oxygens (including phenoxy) is 1. The molecule has 1 amide bonds. The largest absolute Gasteiger partial charge is 0.369 e. The number of hydrogen-bond acceptors (Lipinski definition) is 5. The molecule has 0 aliphatic heterocycles. The van der Waals surface area contributed by atoms with E-state index in [1.807, 2.05) is 20.8 Å². The Morgan fingerprint density at radius 1 is 1.35 bits per heavy atom. The van der Waals surface area contributed by atoms with Crippen molar-refractivity contribution in [2.45, 2.75) is 53.0 Å². The van der Waals surface area contributed by atoms with Gasteiger partial charge in [-0.1, -0.05) is 12.2 Å². The first kappa shape index (κ1) is 20.6. The van der Waals surface area contributed by atoms with Crippen LogP contribution in [0.1, 0.15) is 26.3 Å². The molecule has 2 heterocycles. The number of primary amides is 1. The van der Waals surface area contributed by atoms with E-state index in [0.29, 0.717) is 10.2 Å². The fourth-order valence-electron chi connectivity index (χ4n) is 2.63. The number of carbonyl (C=O) groups is 1. The summed E-state index contributed by atoms with van der Waals surface area (Å²) in [5, 5.41) is 0.396. The molecule has 0 aliphatic carbocycles. The van der Waals surface area contributed by atoms with Crippen LogP contribution in [0.3, 0.4) is 0 Å². The predicted molar refractivity (Wildman–Crippen MR) is 107 cm³/mol. The molecule has 1 atom stereocenters. The van der Waals surface area contributed by atoms with Gasteiger partial charge in [0.2, 0.25) is 5.91 Å². The number of aryl methyl sites for hydroxylation is 1. The number of nitrogens with two attached hydrogens (primary N) is 1. The van der Waals surface area contributed by atoms with Crippen molar-refractivity contribution in [3.63, 3.8) is 0 Å². The maximum absolute atomic E-state index is 12.9. The zero-order valence-electron chi connectivity index (χ0n) is 15.2. The number of thiophene rings is 1. The Morgan fingerprint density at radius 3 is 2.46 bits per heavy atom. The second-order valence-electron chi connectivity index (χ2n) is 6.45. The third kappa shape index (κ3) is 3.99. The normalized spacial score (nSPS) is 12.7. The van der Waals surface area contributed by atoms with E-state index in [0.717, 1.165) is 19.5 Å². The molecule has 142 valence electrons. The smallest absolute Gasteiger partial charge is 0.332 e. The van der Waals surface area contributed by atoms with Crippen molar-refractivity contribution in [2.24, 2.45) is 5.73 Å². The molecule has 0 aliphatic rings. The van der Waals surface area contributed by atoms with Crippen molar-refractivity contribution >= 4 is 43.4 Å². The Bertz CT molecular complexity index is 987. The molecule has 0 bridgehead atoms. The fraction of sp³-hybridized carbons (Fsp3) is 0.471. The molecular formula is C17H22BrN3O4S. The molecule has 0 fully saturated rings. The lowest BCUT2D eigenvalue weighted by Gasteiger charge is -2.22. The van der Waals surface area contributed by atoms with E-state index >= 15 is 0 Å². The molecule has 0 spiro atoms. The third-order valence-electron chi connectivity index (χ3n) is 3.88. The summed E-state index contributed by atoms with van der Waals surface area (Å²) < 4.78 is 8.96. The first-order chi connectivity index (χ1) is 12.0.